The maximum Gasteiger partial charge on any atom is 0.248 e. The Balaban J connectivity index is 2.05. The lowest BCUT2D eigenvalue weighted by atomic mass is 10.2. The van der Waals surface area contributed by atoms with Crippen LogP contribution in [-0.2, 0) is 4.79 Å². The molecule has 112 valence electrons. The largest absolute Gasteiger partial charge is 0.366 e. The molecule has 0 aliphatic carbocycles. The third kappa shape index (κ3) is 4.10. The first-order valence-electron chi connectivity index (χ1n) is 6.30. The molecule has 0 atom stereocenters. The summed E-state index contributed by atoms with van der Waals surface area (Å²) in [6.45, 7) is 0. The molecule has 0 radical (unpaired) electrons. The molecular weight excluding hydrogens is 323 g/mol. The number of anilines is 1. The number of primary amides is 1. The summed E-state index contributed by atoms with van der Waals surface area (Å²) in [5, 5.41) is 3.47. The quantitative estimate of drug-likeness (QED) is 0.836. The Morgan fingerprint density at radius 1 is 1.05 bits per heavy atom. The average molecular weight is 335 g/mol. The van der Waals surface area contributed by atoms with Crippen molar-refractivity contribution in [2.75, 3.05) is 5.32 Å². The smallest absolute Gasteiger partial charge is 0.248 e. The van der Waals surface area contributed by atoms with Crippen molar-refractivity contribution in [2.24, 2.45) is 5.73 Å². The van der Waals surface area contributed by atoms with Crippen molar-refractivity contribution >= 4 is 46.8 Å². The number of carbonyl (C=O) groups is 2. The molecule has 3 N–H and O–H groups in total. The Morgan fingerprint density at radius 3 is 2.36 bits per heavy atom. The molecule has 2 aromatic rings. The van der Waals surface area contributed by atoms with E-state index >= 15 is 0 Å². The Labute approximate surface area is 137 Å². The number of carbonyl (C=O) groups excluding carboxylic acids is 2. The van der Waals surface area contributed by atoms with Gasteiger partial charge in [0.05, 0.1) is 10.0 Å². The lowest BCUT2D eigenvalue weighted by molar-refractivity contribution is -0.111. The summed E-state index contributed by atoms with van der Waals surface area (Å²) in [7, 11) is 0. The van der Waals surface area contributed by atoms with E-state index in [1.807, 2.05) is 0 Å². The molecule has 0 unspecified atom stereocenters. The van der Waals surface area contributed by atoms with Crippen molar-refractivity contribution < 1.29 is 9.59 Å². The topological polar surface area (TPSA) is 72.2 Å². The molecule has 0 aliphatic rings. The Kier molecular flexibility index (Phi) is 5.20. The maximum atomic E-state index is 11.8. The third-order valence-electron chi connectivity index (χ3n) is 2.83. The first kappa shape index (κ1) is 16.1. The van der Waals surface area contributed by atoms with E-state index in [1.165, 1.54) is 18.2 Å². The number of nitrogens with one attached hydrogen (secondary N) is 1. The van der Waals surface area contributed by atoms with Gasteiger partial charge in [0.15, 0.2) is 0 Å². The summed E-state index contributed by atoms with van der Waals surface area (Å²) in [5.74, 6) is -0.851. The molecule has 0 aliphatic heterocycles. The summed E-state index contributed by atoms with van der Waals surface area (Å²) in [6, 6.07) is 11.4. The molecule has 0 fully saturated rings. The summed E-state index contributed by atoms with van der Waals surface area (Å²) in [4.78, 5) is 22.8. The zero-order chi connectivity index (χ0) is 16.1. The highest BCUT2D eigenvalue weighted by atomic mass is 35.5. The Bertz CT molecular complexity index is 740. The first-order valence-corrected chi connectivity index (χ1v) is 7.06. The van der Waals surface area contributed by atoms with E-state index in [0.717, 1.165) is 0 Å². The van der Waals surface area contributed by atoms with Crippen LogP contribution in [0.4, 0.5) is 5.69 Å². The standard InChI is InChI=1S/C16H12Cl2N2O2/c17-13-3-1-2-10(15(13)18)6-9-14(21)20-12-7-4-11(5-8-12)16(19)22/h1-9H,(H2,19,22)(H,20,21)/b9-6+. The number of hydrogen-bond acceptors (Lipinski definition) is 2. The lowest BCUT2D eigenvalue weighted by Crippen LogP contribution is -2.11. The second-order valence-corrected chi connectivity index (χ2v) is 5.19. The van der Waals surface area contributed by atoms with Gasteiger partial charge in [-0.25, -0.2) is 0 Å². The summed E-state index contributed by atoms with van der Waals surface area (Å²) >= 11 is 11.9. The van der Waals surface area contributed by atoms with Crippen LogP contribution in [0, 0.1) is 0 Å². The predicted octanol–water partition coefficient (Wildman–Crippen LogP) is 3.74. The van der Waals surface area contributed by atoms with Crippen LogP contribution >= 0.6 is 23.2 Å². The van der Waals surface area contributed by atoms with Gasteiger partial charge >= 0.3 is 0 Å². The van der Waals surface area contributed by atoms with E-state index < -0.39 is 5.91 Å². The van der Waals surface area contributed by atoms with Crippen LogP contribution in [0.25, 0.3) is 6.08 Å². The summed E-state index contributed by atoms with van der Waals surface area (Å²) in [6.07, 6.45) is 2.92. The van der Waals surface area contributed by atoms with Crippen molar-refractivity contribution in [2.45, 2.75) is 0 Å². The van der Waals surface area contributed by atoms with E-state index in [4.69, 9.17) is 28.9 Å². The van der Waals surface area contributed by atoms with Gasteiger partial charge in [-0.1, -0.05) is 35.3 Å². The minimum Gasteiger partial charge on any atom is -0.366 e. The molecule has 0 saturated heterocycles. The van der Waals surface area contributed by atoms with Gasteiger partial charge in [0.2, 0.25) is 11.8 Å². The molecule has 0 spiro atoms. The van der Waals surface area contributed by atoms with Crippen LogP contribution in [0.2, 0.25) is 10.0 Å². The van der Waals surface area contributed by atoms with Crippen molar-refractivity contribution in [3.8, 4) is 0 Å². The van der Waals surface area contributed by atoms with Crippen LogP contribution in [0.3, 0.4) is 0 Å². The lowest BCUT2D eigenvalue weighted by Gasteiger charge is -2.03. The van der Waals surface area contributed by atoms with Gasteiger partial charge in [-0.05, 0) is 42.0 Å². The normalized spacial score (nSPS) is 10.6. The predicted molar refractivity (Wildman–Crippen MR) is 89.1 cm³/mol. The average Bonchev–Trinajstić information content (AvgIpc) is 2.49. The molecule has 22 heavy (non-hydrogen) atoms. The highest BCUT2D eigenvalue weighted by Gasteiger charge is 2.03. The van der Waals surface area contributed by atoms with Crippen molar-refractivity contribution in [3.63, 3.8) is 0 Å². The van der Waals surface area contributed by atoms with E-state index in [-0.39, 0.29) is 5.91 Å². The van der Waals surface area contributed by atoms with Gasteiger partial charge in [-0.2, -0.15) is 0 Å². The number of amides is 2. The fraction of sp³-hybridized carbons (Fsp3) is 0. The minimum absolute atomic E-state index is 0.331. The van der Waals surface area contributed by atoms with Crippen molar-refractivity contribution in [1.82, 2.24) is 0 Å². The van der Waals surface area contributed by atoms with Crippen LogP contribution < -0.4 is 11.1 Å². The van der Waals surface area contributed by atoms with E-state index in [0.29, 0.717) is 26.9 Å². The zero-order valence-corrected chi connectivity index (χ0v) is 12.9. The molecule has 6 heteroatoms. The number of hydrogen-bond donors (Lipinski definition) is 2. The monoisotopic (exact) mass is 334 g/mol. The highest BCUT2D eigenvalue weighted by molar-refractivity contribution is 6.42. The first-order chi connectivity index (χ1) is 10.5. The molecule has 0 aromatic heterocycles. The summed E-state index contributed by atoms with van der Waals surface area (Å²) in [5.41, 5.74) is 6.72. The van der Waals surface area contributed by atoms with Crippen LogP contribution in [0.15, 0.2) is 48.5 Å². The third-order valence-corrected chi connectivity index (χ3v) is 3.67. The van der Waals surface area contributed by atoms with Gasteiger partial charge in [-0.15, -0.1) is 0 Å². The second-order valence-electron chi connectivity index (χ2n) is 4.41. The molecule has 0 heterocycles. The fourth-order valence-corrected chi connectivity index (χ4v) is 2.09. The molecule has 2 rings (SSSR count). The SMILES string of the molecule is NC(=O)c1ccc(NC(=O)/C=C/c2cccc(Cl)c2Cl)cc1. The molecule has 2 aromatic carbocycles. The van der Waals surface area contributed by atoms with Crippen LogP contribution in [0.1, 0.15) is 15.9 Å². The van der Waals surface area contributed by atoms with Crippen molar-refractivity contribution in [3.05, 3.63) is 69.7 Å². The summed E-state index contributed by atoms with van der Waals surface area (Å²) < 4.78 is 0. The highest BCUT2D eigenvalue weighted by Crippen LogP contribution is 2.26. The number of halogens is 2. The van der Waals surface area contributed by atoms with E-state index in [1.54, 1.807) is 36.4 Å². The van der Waals surface area contributed by atoms with Gasteiger partial charge in [-0.3, -0.25) is 9.59 Å². The Morgan fingerprint density at radius 2 is 1.73 bits per heavy atom. The number of nitrogens with two attached hydrogens (primary N) is 1. The van der Waals surface area contributed by atoms with Crippen molar-refractivity contribution in [1.29, 1.82) is 0 Å². The molecule has 0 bridgehead atoms. The van der Waals surface area contributed by atoms with Crippen LogP contribution in [-0.4, -0.2) is 11.8 Å². The fourth-order valence-electron chi connectivity index (χ4n) is 1.72. The van der Waals surface area contributed by atoms with Gasteiger partial charge in [0.1, 0.15) is 0 Å². The minimum atomic E-state index is -0.520. The number of benzene rings is 2. The van der Waals surface area contributed by atoms with Gasteiger partial charge in [0.25, 0.3) is 0 Å². The van der Waals surface area contributed by atoms with E-state index in [9.17, 15) is 9.59 Å². The van der Waals surface area contributed by atoms with E-state index in [2.05, 4.69) is 5.32 Å². The van der Waals surface area contributed by atoms with Gasteiger partial charge < -0.3 is 11.1 Å². The Hall–Kier alpha value is -2.30. The molecule has 2 amide bonds. The van der Waals surface area contributed by atoms with Crippen LogP contribution in [0.5, 0.6) is 0 Å². The molecule has 4 nitrogen and oxygen atoms in total. The number of rotatable bonds is 4. The second kappa shape index (κ2) is 7.11. The molecule has 0 saturated carbocycles. The zero-order valence-electron chi connectivity index (χ0n) is 11.3. The maximum absolute atomic E-state index is 11.8. The van der Waals surface area contributed by atoms with Gasteiger partial charge in [0, 0.05) is 17.3 Å². The molecular formula is C16H12Cl2N2O2.